The van der Waals surface area contributed by atoms with Crippen molar-refractivity contribution >= 4 is 21.9 Å². The smallest absolute Gasteiger partial charge is 0.247 e. The molecule has 2 N–H and O–H groups in total. The fraction of sp³-hybridized carbons (Fsp3) is 0.200. The van der Waals surface area contributed by atoms with Crippen LogP contribution < -0.4 is 0 Å². The minimum Gasteiger partial charge on any atom is -0.508 e. The van der Waals surface area contributed by atoms with E-state index in [2.05, 4.69) is 4.98 Å². The van der Waals surface area contributed by atoms with Gasteiger partial charge in [0.25, 0.3) is 0 Å². The normalized spacial score (nSPS) is 20.1. The van der Waals surface area contributed by atoms with Crippen molar-refractivity contribution in [3.63, 3.8) is 0 Å². The summed E-state index contributed by atoms with van der Waals surface area (Å²) in [7, 11) is -4.32. The number of phenols is 2. The first-order chi connectivity index (χ1) is 15.6. The van der Waals surface area contributed by atoms with Crippen LogP contribution in [0.5, 0.6) is 11.5 Å². The van der Waals surface area contributed by atoms with E-state index in [1.54, 1.807) is 68.6 Å². The summed E-state index contributed by atoms with van der Waals surface area (Å²) in [5.41, 5.74) is 0.345. The first-order valence-electron chi connectivity index (χ1n) is 10.4. The number of rotatable bonds is 4. The lowest BCUT2D eigenvalue weighted by atomic mass is 9.72. The minimum absolute atomic E-state index is 0.186. The number of aromatic hydroxyl groups is 2. The summed E-state index contributed by atoms with van der Waals surface area (Å²) in [4.78, 5) is 17.4. The van der Waals surface area contributed by atoms with Crippen LogP contribution in [0.25, 0.3) is 6.08 Å². The van der Waals surface area contributed by atoms with Crippen LogP contribution in [0, 0.1) is 5.41 Å². The van der Waals surface area contributed by atoms with Gasteiger partial charge in [0, 0.05) is 29.8 Å². The van der Waals surface area contributed by atoms with Crippen LogP contribution >= 0.6 is 0 Å². The van der Waals surface area contributed by atoms with Gasteiger partial charge in [0.2, 0.25) is 10.0 Å². The molecule has 3 aromatic rings. The molecular weight excluding hydrogens is 440 g/mol. The second kappa shape index (κ2) is 8.46. The third-order valence-corrected chi connectivity index (χ3v) is 7.67. The third-order valence-electron chi connectivity index (χ3n) is 5.83. The molecule has 2 heterocycles. The molecule has 170 valence electrons. The zero-order valence-corrected chi connectivity index (χ0v) is 19.0. The quantitative estimate of drug-likeness (QED) is 0.448. The van der Waals surface area contributed by atoms with Crippen LogP contribution in [0.15, 0.2) is 83.4 Å². The zero-order valence-electron chi connectivity index (χ0n) is 18.2. The molecule has 33 heavy (non-hydrogen) atoms. The van der Waals surface area contributed by atoms with Crippen molar-refractivity contribution in [2.24, 2.45) is 5.41 Å². The van der Waals surface area contributed by atoms with E-state index in [4.69, 9.17) is 0 Å². The summed E-state index contributed by atoms with van der Waals surface area (Å²) in [6.45, 7) is 3.21. The minimum atomic E-state index is -4.32. The summed E-state index contributed by atoms with van der Waals surface area (Å²) in [6.07, 6.45) is 3.19. The highest BCUT2D eigenvalue weighted by Gasteiger charge is 2.51. The highest BCUT2D eigenvalue weighted by atomic mass is 32.2. The molecule has 0 aliphatic carbocycles. The van der Waals surface area contributed by atoms with Crippen molar-refractivity contribution < 1.29 is 23.4 Å². The van der Waals surface area contributed by atoms with E-state index in [0.29, 0.717) is 11.3 Å². The van der Waals surface area contributed by atoms with Crippen molar-refractivity contribution in [3.8, 4) is 11.5 Å². The van der Waals surface area contributed by atoms with E-state index in [1.165, 1.54) is 10.4 Å². The lowest BCUT2D eigenvalue weighted by Gasteiger charge is -2.45. The van der Waals surface area contributed by atoms with Crippen LogP contribution in [-0.4, -0.2) is 40.2 Å². The van der Waals surface area contributed by atoms with Crippen molar-refractivity contribution in [1.82, 2.24) is 9.29 Å². The predicted molar refractivity (Wildman–Crippen MR) is 124 cm³/mol. The number of phenolic OH excluding ortho intramolecular Hbond substituents is 2. The Morgan fingerprint density at radius 3 is 2.39 bits per heavy atom. The van der Waals surface area contributed by atoms with Crippen molar-refractivity contribution in [1.29, 1.82) is 0 Å². The van der Waals surface area contributed by atoms with Gasteiger partial charge in [-0.25, -0.2) is 8.42 Å². The SMILES string of the molecule is CC1(C)C(=O)/C(=C\c2ccccn2)CN(S(=O)(=O)c2cc(O)ccc2O)C1c1ccccc1. The molecule has 1 aromatic heterocycles. The topological polar surface area (TPSA) is 108 Å². The fourth-order valence-corrected chi connectivity index (χ4v) is 6.08. The summed E-state index contributed by atoms with van der Waals surface area (Å²) in [6, 6.07) is 16.7. The molecule has 0 bridgehead atoms. The van der Waals surface area contributed by atoms with E-state index in [9.17, 15) is 23.4 Å². The van der Waals surface area contributed by atoms with Crippen LogP contribution in [-0.2, 0) is 14.8 Å². The van der Waals surface area contributed by atoms with Gasteiger partial charge in [0.1, 0.15) is 16.4 Å². The molecular formula is C25H24N2O5S. The maximum atomic E-state index is 13.8. The average Bonchev–Trinajstić information content (AvgIpc) is 2.79. The maximum absolute atomic E-state index is 13.8. The molecule has 0 spiro atoms. The lowest BCUT2D eigenvalue weighted by molar-refractivity contribution is -0.128. The van der Waals surface area contributed by atoms with E-state index >= 15 is 0 Å². The van der Waals surface area contributed by atoms with Crippen LogP contribution in [0.2, 0.25) is 0 Å². The Morgan fingerprint density at radius 2 is 1.73 bits per heavy atom. The number of hydrogen-bond donors (Lipinski definition) is 2. The number of carbonyl (C=O) groups is 1. The van der Waals surface area contributed by atoms with Gasteiger partial charge in [-0.3, -0.25) is 9.78 Å². The van der Waals surface area contributed by atoms with Crippen molar-refractivity contribution in [2.45, 2.75) is 24.8 Å². The summed E-state index contributed by atoms with van der Waals surface area (Å²) >= 11 is 0. The monoisotopic (exact) mass is 464 g/mol. The Morgan fingerprint density at radius 1 is 1.03 bits per heavy atom. The number of sulfonamides is 1. The van der Waals surface area contributed by atoms with E-state index in [1.807, 2.05) is 6.07 Å². The highest BCUT2D eigenvalue weighted by molar-refractivity contribution is 7.89. The third kappa shape index (κ3) is 4.15. The van der Waals surface area contributed by atoms with Gasteiger partial charge in [-0.1, -0.05) is 50.2 Å². The molecule has 1 fully saturated rings. The van der Waals surface area contributed by atoms with Gasteiger partial charge in [0.15, 0.2) is 5.78 Å². The molecule has 1 aliphatic heterocycles. The van der Waals surface area contributed by atoms with Gasteiger partial charge in [0.05, 0.1) is 11.7 Å². The molecule has 0 radical (unpaired) electrons. The number of aromatic nitrogens is 1. The van der Waals surface area contributed by atoms with Gasteiger partial charge >= 0.3 is 0 Å². The van der Waals surface area contributed by atoms with E-state index in [-0.39, 0.29) is 23.7 Å². The molecule has 7 nitrogen and oxygen atoms in total. The van der Waals surface area contributed by atoms with Crippen LogP contribution in [0.1, 0.15) is 31.1 Å². The Bertz CT molecular complexity index is 1320. The molecule has 1 saturated heterocycles. The number of piperidine rings is 1. The Labute approximate surface area is 192 Å². The number of benzene rings is 2. The van der Waals surface area contributed by atoms with Gasteiger partial charge in [-0.2, -0.15) is 4.31 Å². The van der Waals surface area contributed by atoms with E-state index in [0.717, 1.165) is 12.1 Å². The maximum Gasteiger partial charge on any atom is 0.247 e. The molecule has 0 saturated carbocycles. The molecule has 2 aromatic carbocycles. The first kappa shape index (κ1) is 22.7. The summed E-state index contributed by atoms with van der Waals surface area (Å²) in [5.74, 6) is -0.961. The lowest BCUT2D eigenvalue weighted by Crippen LogP contribution is -2.52. The number of ketones is 1. The van der Waals surface area contributed by atoms with Gasteiger partial charge in [-0.05, 0) is 35.9 Å². The number of pyridine rings is 1. The van der Waals surface area contributed by atoms with Crippen molar-refractivity contribution in [2.75, 3.05) is 6.54 Å². The molecule has 1 atom stereocenters. The Kier molecular flexibility index (Phi) is 5.82. The Hall–Kier alpha value is -3.49. The second-order valence-corrected chi connectivity index (χ2v) is 10.3. The largest absolute Gasteiger partial charge is 0.508 e. The standard InChI is InChI=1S/C25H24N2O5S/c1-25(2)23(17-8-4-3-5-9-17)27(33(31,32)22-15-20(28)11-12-21(22)29)16-18(24(25)30)14-19-10-6-7-13-26-19/h3-15,23,28-29H,16H2,1-2H3/b18-14-. The summed E-state index contributed by atoms with van der Waals surface area (Å²) in [5, 5.41) is 20.2. The zero-order chi connectivity index (χ0) is 23.8. The summed E-state index contributed by atoms with van der Waals surface area (Å²) < 4.78 is 28.9. The average molecular weight is 465 g/mol. The molecule has 4 rings (SSSR count). The molecule has 0 amide bonds. The first-order valence-corrected chi connectivity index (χ1v) is 11.8. The van der Waals surface area contributed by atoms with Crippen LogP contribution in [0.3, 0.4) is 0 Å². The van der Waals surface area contributed by atoms with Crippen LogP contribution in [0.4, 0.5) is 0 Å². The number of carbonyl (C=O) groups excluding carboxylic acids is 1. The predicted octanol–water partition coefficient (Wildman–Crippen LogP) is 3.92. The van der Waals surface area contributed by atoms with Gasteiger partial charge in [-0.15, -0.1) is 0 Å². The molecule has 1 unspecified atom stereocenters. The number of nitrogens with zero attached hydrogens (tertiary/aromatic N) is 2. The number of Topliss-reactive ketones (excluding diaryl/α,β-unsaturated/α-hetero) is 1. The fourth-order valence-electron chi connectivity index (χ4n) is 4.26. The molecule has 1 aliphatic rings. The second-order valence-electron chi connectivity index (χ2n) is 8.49. The number of hydrogen-bond acceptors (Lipinski definition) is 6. The Balaban J connectivity index is 1.92. The van der Waals surface area contributed by atoms with Crippen molar-refractivity contribution in [3.05, 3.63) is 89.8 Å². The van der Waals surface area contributed by atoms with E-state index < -0.39 is 32.1 Å². The molecule has 8 heteroatoms. The van der Waals surface area contributed by atoms with Gasteiger partial charge < -0.3 is 10.2 Å². The highest BCUT2D eigenvalue weighted by Crippen LogP contribution is 2.48.